The first-order valence-corrected chi connectivity index (χ1v) is 6.66. The van der Waals surface area contributed by atoms with E-state index >= 15 is 0 Å². The number of benzene rings is 1. The van der Waals surface area contributed by atoms with Gasteiger partial charge in [-0.2, -0.15) is 0 Å². The SMILES string of the molecule is CC1CCN(C(=O)c2ccc([N+](=O)[O-])c(NN)c2)CC1O. The molecule has 1 aliphatic heterocycles. The third kappa shape index (κ3) is 3.11. The van der Waals surface area contributed by atoms with Gasteiger partial charge in [-0.3, -0.25) is 20.8 Å². The van der Waals surface area contributed by atoms with E-state index in [1.54, 1.807) is 4.90 Å². The van der Waals surface area contributed by atoms with Gasteiger partial charge in [0.25, 0.3) is 11.6 Å². The molecule has 21 heavy (non-hydrogen) atoms. The van der Waals surface area contributed by atoms with Crippen LogP contribution in [0.1, 0.15) is 23.7 Å². The molecule has 0 saturated carbocycles. The van der Waals surface area contributed by atoms with E-state index in [2.05, 4.69) is 5.43 Å². The predicted octanol–water partition coefficient (Wildman–Crippen LogP) is 0.723. The minimum absolute atomic E-state index is 0.0803. The van der Waals surface area contributed by atoms with Crippen LogP contribution in [0.3, 0.4) is 0 Å². The zero-order chi connectivity index (χ0) is 15.6. The van der Waals surface area contributed by atoms with E-state index in [1.165, 1.54) is 18.2 Å². The number of nitrogen functional groups attached to an aromatic ring is 1. The number of nitrogens with one attached hydrogen (secondary N) is 1. The molecule has 0 spiro atoms. The Labute approximate surface area is 121 Å². The number of β-amino-alcohol motifs (C(OH)–C–C–N with tert-alkyl or cyclic N) is 1. The lowest BCUT2D eigenvalue weighted by Crippen LogP contribution is -2.45. The number of nitro groups is 1. The predicted molar refractivity (Wildman–Crippen MR) is 76.6 cm³/mol. The molecule has 1 fully saturated rings. The van der Waals surface area contributed by atoms with Crippen LogP contribution in [0.15, 0.2) is 18.2 Å². The summed E-state index contributed by atoms with van der Waals surface area (Å²) in [6.07, 6.45) is 0.176. The van der Waals surface area contributed by atoms with Gasteiger partial charge in [-0.25, -0.2) is 0 Å². The van der Waals surface area contributed by atoms with Crippen LogP contribution < -0.4 is 11.3 Å². The number of carbonyl (C=O) groups excluding carboxylic acids is 1. The fourth-order valence-corrected chi connectivity index (χ4v) is 2.36. The first-order valence-electron chi connectivity index (χ1n) is 6.66. The number of aliphatic hydroxyl groups is 1. The van der Waals surface area contributed by atoms with E-state index in [1.807, 2.05) is 6.92 Å². The largest absolute Gasteiger partial charge is 0.391 e. The van der Waals surface area contributed by atoms with Crippen LogP contribution in [0.2, 0.25) is 0 Å². The van der Waals surface area contributed by atoms with Crippen molar-refractivity contribution in [2.45, 2.75) is 19.4 Å². The van der Waals surface area contributed by atoms with Crippen molar-refractivity contribution in [1.29, 1.82) is 0 Å². The number of anilines is 1. The highest BCUT2D eigenvalue weighted by Gasteiger charge is 2.28. The molecule has 1 aromatic carbocycles. The van der Waals surface area contributed by atoms with Crippen LogP contribution in [-0.4, -0.2) is 40.0 Å². The van der Waals surface area contributed by atoms with Gasteiger partial charge < -0.3 is 15.4 Å². The molecule has 1 aromatic rings. The Hall–Kier alpha value is -2.19. The number of likely N-dealkylation sites (tertiary alicyclic amines) is 1. The third-order valence-electron chi connectivity index (χ3n) is 3.80. The monoisotopic (exact) mass is 294 g/mol. The van der Waals surface area contributed by atoms with E-state index in [0.29, 0.717) is 12.1 Å². The molecule has 0 radical (unpaired) electrons. The van der Waals surface area contributed by atoms with Gasteiger partial charge in [0.15, 0.2) is 0 Å². The second-order valence-corrected chi connectivity index (χ2v) is 5.22. The summed E-state index contributed by atoms with van der Waals surface area (Å²) in [6, 6.07) is 3.99. The second kappa shape index (κ2) is 6.06. The molecule has 8 heteroatoms. The second-order valence-electron chi connectivity index (χ2n) is 5.22. The number of piperidine rings is 1. The van der Waals surface area contributed by atoms with Gasteiger partial charge in [-0.15, -0.1) is 0 Å². The van der Waals surface area contributed by atoms with E-state index in [9.17, 15) is 20.0 Å². The Kier molecular flexibility index (Phi) is 4.39. The van der Waals surface area contributed by atoms with E-state index in [4.69, 9.17) is 5.84 Å². The standard InChI is InChI=1S/C13H18N4O4/c1-8-4-5-16(7-12(8)18)13(19)9-2-3-11(17(20)21)10(6-9)15-14/h2-3,6,8,12,15,18H,4-5,7,14H2,1H3. The number of amides is 1. The normalized spacial score (nSPS) is 22.0. The van der Waals surface area contributed by atoms with E-state index in [0.717, 1.165) is 6.42 Å². The van der Waals surface area contributed by atoms with Crippen molar-refractivity contribution in [2.75, 3.05) is 18.5 Å². The van der Waals surface area contributed by atoms with E-state index < -0.39 is 11.0 Å². The number of hydrogen-bond acceptors (Lipinski definition) is 6. The molecule has 1 saturated heterocycles. The average molecular weight is 294 g/mol. The number of aliphatic hydroxyl groups excluding tert-OH is 1. The number of carbonyl (C=O) groups is 1. The average Bonchev–Trinajstić information content (AvgIpc) is 2.48. The summed E-state index contributed by atoms with van der Waals surface area (Å²) in [5, 5.41) is 20.7. The molecule has 1 aliphatic rings. The summed E-state index contributed by atoms with van der Waals surface area (Å²) in [5.74, 6) is 5.15. The van der Waals surface area contributed by atoms with Crippen molar-refractivity contribution in [2.24, 2.45) is 11.8 Å². The molecule has 1 heterocycles. The van der Waals surface area contributed by atoms with Crippen molar-refractivity contribution in [1.82, 2.24) is 4.90 Å². The van der Waals surface area contributed by atoms with Crippen LogP contribution >= 0.6 is 0 Å². The Morgan fingerprint density at radius 2 is 2.29 bits per heavy atom. The Bertz CT molecular complexity index is 563. The van der Waals surface area contributed by atoms with Crippen LogP contribution in [-0.2, 0) is 0 Å². The Balaban J connectivity index is 2.22. The molecule has 8 nitrogen and oxygen atoms in total. The molecule has 1 amide bonds. The first kappa shape index (κ1) is 15.2. The van der Waals surface area contributed by atoms with Gasteiger partial charge in [0.05, 0.1) is 11.0 Å². The molecule has 2 unspecified atom stereocenters. The lowest BCUT2D eigenvalue weighted by Gasteiger charge is -2.34. The highest BCUT2D eigenvalue weighted by molar-refractivity contribution is 5.96. The highest BCUT2D eigenvalue weighted by Crippen LogP contribution is 2.26. The lowest BCUT2D eigenvalue weighted by molar-refractivity contribution is -0.384. The number of rotatable bonds is 3. The number of hydrazine groups is 1. The zero-order valence-electron chi connectivity index (χ0n) is 11.7. The van der Waals surface area contributed by atoms with Gasteiger partial charge in [0.2, 0.25) is 0 Å². The maximum atomic E-state index is 12.4. The number of nitro benzene ring substituents is 1. The summed E-state index contributed by atoms with van der Waals surface area (Å²) in [5.41, 5.74) is 2.42. The van der Waals surface area contributed by atoms with Crippen LogP contribution in [0, 0.1) is 16.0 Å². The molecule has 2 rings (SSSR count). The van der Waals surface area contributed by atoms with Crippen LogP contribution in [0.25, 0.3) is 0 Å². The summed E-state index contributed by atoms with van der Waals surface area (Å²) >= 11 is 0. The van der Waals surface area contributed by atoms with Gasteiger partial charge in [0.1, 0.15) is 5.69 Å². The van der Waals surface area contributed by atoms with Crippen molar-refractivity contribution in [3.05, 3.63) is 33.9 Å². The van der Waals surface area contributed by atoms with Gasteiger partial charge in [-0.05, 0) is 24.5 Å². The van der Waals surface area contributed by atoms with Crippen molar-refractivity contribution < 1.29 is 14.8 Å². The smallest absolute Gasteiger partial charge is 0.293 e. The molecule has 4 N–H and O–H groups in total. The molecule has 0 bridgehead atoms. The summed E-state index contributed by atoms with van der Waals surface area (Å²) in [7, 11) is 0. The molecular formula is C13H18N4O4. The zero-order valence-corrected chi connectivity index (χ0v) is 11.7. The van der Waals surface area contributed by atoms with Crippen LogP contribution in [0.5, 0.6) is 0 Å². The Morgan fingerprint density at radius 3 is 2.86 bits per heavy atom. The molecular weight excluding hydrogens is 276 g/mol. The van der Waals surface area contributed by atoms with Gasteiger partial charge >= 0.3 is 0 Å². The minimum Gasteiger partial charge on any atom is -0.391 e. The number of hydrogen-bond donors (Lipinski definition) is 3. The van der Waals surface area contributed by atoms with Crippen molar-refractivity contribution in [3.8, 4) is 0 Å². The molecule has 0 aliphatic carbocycles. The third-order valence-corrected chi connectivity index (χ3v) is 3.80. The topological polar surface area (TPSA) is 122 Å². The minimum atomic E-state index is -0.574. The maximum Gasteiger partial charge on any atom is 0.293 e. The first-order chi connectivity index (χ1) is 9.93. The summed E-state index contributed by atoms with van der Waals surface area (Å²) < 4.78 is 0. The fourth-order valence-electron chi connectivity index (χ4n) is 2.36. The molecule has 0 aromatic heterocycles. The Morgan fingerprint density at radius 1 is 1.57 bits per heavy atom. The fraction of sp³-hybridized carbons (Fsp3) is 0.462. The number of nitrogens with zero attached hydrogens (tertiary/aromatic N) is 2. The summed E-state index contributed by atoms with van der Waals surface area (Å²) in [4.78, 5) is 24.2. The molecule has 114 valence electrons. The maximum absolute atomic E-state index is 12.4. The van der Waals surface area contributed by atoms with Crippen molar-refractivity contribution in [3.63, 3.8) is 0 Å². The van der Waals surface area contributed by atoms with Crippen LogP contribution in [0.4, 0.5) is 11.4 Å². The molecule has 2 atom stereocenters. The number of nitrogens with two attached hydrogens (primary N) is 1. The quantitative estimate of drug-likeness (QED) is 0.429. The summed E-state index contributed by atoms with van der Waals surface area (Å²) in [6.45, 7) is 2.76. The van der Waals surface area contributed by atoms with Gasteiger partial charge in [-0.1, -0.05) is 6.92 Å². The lowest BCUT2D eigenvalue weighted by atomic mass is 9.95. The highest BCUT2D eigenvalue weighted by atomic mass is 16.6. The van der Waals surface area contributed by atoms with E-state index in [-0.39, 0.29) is 29.7 Å². The van der Waals surface area contributed by atoms with Gasteiger partial charge in [0, 0.05) is 24.7 Å². The van der Waals surface area contributed by atoms with Crippen molar-refractivity contribution >= 4 is 17.3 Å².